The lowest BCUT2D eigenvalue weighted by atomic mass is 9.68. The lowest BCUT2D eigenvalue weighted by Gasteiger charge is -2.39. The molecule has 0 aromatic heterocycles. The van der Waals surface area contributed by atoms with E-state index in [-0.39, 0.29) is 17.8 Å². The minimum Gasteiger partial charge on any atom is -0.493 e. The molecule has 0 saturated carbocycles. The molecule has 0 fully saturated rings. The molecule has 2 aliphatic rings. The van der Waals surface area contributed by atoms with Gasteiger partial charge in [0, 0.05) is 35.4 Å². The van der Waals surface area contributed by atoms with Crippen molar-refractivity contribution >= 4 is 11.8 Å². The van der Waals surface area contributed by atoms with Gasteiger partial charge in [-0.1, -0.05) is 75.7 Å². The summed E-state index contributed by atoms with van der Waals surface area (Å²) in [4.78, 5) is 27.1. The molecule has 0 saturated heterocycles. The Bertz CT molecular complexity index is 1180. The summed E-state index contributed by atoms with van der Waals surface area (Å²) in [6.07, 6.45) is 3.78. The zero-order valence-corrected chi connectivity index (χ0v) is 21.9. The topological polar surface area (TPSA) is 64.6 Å². The third-order valence-electron chi connectivity index (χ3n) is 6.91. The van der Waals surface area contributed by atoms with Crippen molar-refractivity contribution in [2.75, 3.05) is 13.2 Å². The van der Waals surface area contributed by atoms with Crippen LogP contribution in [0.2, 0.25) is 0 Å². The number of esters is 1. The molecule has 1 N–H and O–H groups in total. The fourth-order valence-corrected chi connectivity index (χ4v) is 5.18. The number of carbonyl (C=O) groups excluding carboxylic acids is 2. The number of ether oxygens (including phenoxy) is 2. The fourth-order valence-electron chi connectivity index (χ4n) is 5.18. The van der Waals surface area contributed by atoms with Gasteiger partial charge >= 0.3 is 5.97 Å². The van der Waals surface area contributed by atoms with Crippen molar-refractivity contribution < 1.29 is 19.1 Å². The van der Waals surface area contributed by atoms with Gasteiger partial charge in [-0.2, -0.15) is 0 Å². The maximum absolute atomic E-state index is 13.6. The molecule has 0 radical (unpaired) electrons. The van der Waals surface area contributed by atoms with Gasteiger partial charge in [-0.05, 0) is 36.8 Å². The average molecular weight is 488 g/mol. The number of nitrogens with one attached hydrogen (secondary N) is 1. The van der Waals surface area contributed by atoms with E-state index in [1.54, 1.807) is 0 Å². The molecule has 5 nitrogen and oxygen atoms in total. The Morgan fingerprint density at radius 2 is 1.75 bits per heavy atom. The van der Waals surface area contributed by atoms with Gasteiger partial charge in [0.1, 0.15) is 5.75 Å². The first kappa shape index (κ1) is 25.7. The lowest BCUT2D eigenvalue weighted by molar-refractivity contribution is -0.139. The molecule has 0 bridgehead atoms. The van der Waals surface area contributed by atoms with E-state index in [1.807, 2.05) is 61.5 Å². The standard InChI is InChI=1S/C31H37NO4/c1-5-6-17-35-26-15-11-10-14-23(26)28-27(30(34)36-18-16-22-12-8-7-9-13-22)21(2)32-24-19-31(3,4)20-25(33)29(24)28/h7-15,28,32H,5-6,16-20H2,1-4H3/t28-/m0/s1. The number of Topliss-reactive ketones (excluding diaryl/α,β-unsaturated/α-hetero) is 1. The van der Waals surface area contributed by atoms with Crippen molar-refractivity contribution in [2.45, 2.75) is 65.7 Å². The van der Waals surface area contributed by atoms with E-state index in [0.717, 1.165) is 41.8 Å². The number of hydrogen-bond donors (Lipinski definition) is 1. The van der Waals surface area contributed by atoms with Crippen LogP contribution in [0.25, 0.3) is 0 Å². The molecular formula is C31H37NO4. The van der Waals surface area contributed by atoms with E-state index < -0.39 is 11.9 Å². The second-order valence-electron chi connectivity index (χ2n) is 10.5. The van der Waals surface area contributed by atoms with Crippen LogP contribution in [0.1, 0.15) is 70.4 Å². The van der Waals surface area contributed by atoms with Crippen LogP contribution in [0.15, 0.2) is 77.1 Å². The summed E-state index contributed by atoms with van der Waals surface area (Å²) < 4.78 is 12.0. The second-order valence-corrected chi connectivity index (χ2v) is 10.5. The summed E-state index contributed by atoms with van der Waals surface area (Å²) in [5, 5.41) is 3.41. The normalized spacial score (nSPS) is 19.0. The predicted octanol–water partition coefficient (Wildman–Crippen LogP) is 6.26. The third-order valence-corrected chi connectivity index (χ3v) is 6.91. The van der Waals surface area contributed by atoms with Crippen molar-refractivity contribution in [2.24, 2.45) is 5.41 Å². The Balaban J connectivity index is 1.70. The van der Waals surface area contributed by atoms with Crippen molar-refractivity contribution in [3.8, 4) is 5.75 Å². The van der Waals surface area contributed by atoms with Gasteiger partial charge in [0.05, 0.1) is 24.7 Å². The molecule has 0 unspecified atom stereocenters. The first-order valence-electron chi connectivity index (χ1n) is 13.0. The summed E-state index contributed by atoms with van der Waals surface area (Å²) in [6.45, 7) is 9.10. The first-order valence-corrected chi connectivity index (χ1v) is 13.0. The Labute approximate surface area is 214 Å². The van der Waals surface area contributed by atoms with E-state index in [0.29, 0.717) is 36.3 Å². The zero-order valence-electron chi connectivity index (χ0n) is 21.9. The van der Waals surface area contributed by atoms with Gasteiger partial charge in [0.2, 0.25) is 0 Å². The quantitative estimate of drug-likeness (QED) is 0.334. The smallest absolute Gasteiger partial charge is 0.336 e. The Hall–Kier alpha value is -3.34. The molecule has 1 heterocycles. The summed E-state index contributed by atoms with van der Waals surface area (Å²) in [5.41, 5.74) is 4.60. The summed E-state index contributed by atoms with van der Waals surface area (Å²) in [6, 6.07) is 17.7. The van der Waals surface area contributed by atoms with Gasteiger partial charge < -0.3 is 14.8 Å². The number of benzene rings is 2. The number of unbranched alkanes of at least 4 members (excludes halogenated alkanes) is 1. The zero-order chi connectivity index (χ0) is 25.7. The molecule has 2 aromatic rings. The molecular weight excluding hydrogens is 450 g/mol. The molecule has 4 rings (SSSR count). The van der Waals surface area contributed by atoms with Crippen LogP contribution in [-0.4, -0.2) is 25.0 Å². The van der Waals surface area contributed by atoms with E-state index in [4.69, 9.17) is 9.47 Å². The van der Waals surface area contributed by atoms with Crippen molar-refractivity contribution in [3.63, 3.8) is 0 Å². The van der Waals surface area contributed by atoms with Crippen molar-refractivity contribution in [3.05, 3.63) is 88.3 Å². The van der Waals surface area contributed by atoms with Crippen molar-refractivity contribution in [1.29, 1.82) is 0 Å². The number of hydrogen-bond acceptors (Lipinski definition) is 5. The lowest BCUT2D eigenvalue weighted by Crippen LogP contribution is -2.38. The molecule has 190 valence electrons. The number of rotatable bonds is 9. The second kappa shape index (κ2) is 11.2. The molecule has 0 spiro atoms. The fraction of sp³-hybridized carbons (Fsp3) is 0.419. The monoisotopic (exact) mass is 487 g/mol. The highest BCUT2D eigenvalue weighted by Gasteiger charge is 2.44. The van der Waals surface area contributed by atoms with E-state index in [1.165, 1.54) is 0 Å². The summed E-state index contributed by atoms with van der Waals surface area (Å²) >= 11 is 0. The number of para-hydroxylation sites is 1. The SMILES string of the molecule is CCCCOc1ccccc1[C@H]1C(C(=O)OCCc2ccccc2)=C(C)NC2=C1C(=O)CC(C)(C)C2. The van der Waals surface area contributed by atoms with E-state index in [2.05, 4.69) is 26.1 Å². The average Bonchev–Trinajstić information content (AvgIpc) is 2.83. The molecule has 0 amide bonds. The molecule has 2 aromatic carbocycles. The van der Waals surface area contributed by atoms with Crippen LogP contribution < -0.4 is 10.1 Å². The third kappa shape index (κ3) is 5.72. The minimum absolute atomic E-state index is 0.0733. The Morgan fingerprint density at radius 1 is 1.03 bits per heavy atom. The van der Waals surface area contributed by atoms with Crippen molar-refractivity contribution in [1.82, 2.24) is 5.32 Å². The largest absolute Gasteiger partial charge is 0.493 e. The maximum Gasteiger partial charge on any atom is 0.336 e. The molecule has 36 heavy (non-hydrogen) atoms. The summed E-state index contributed by atoms with van der Waals surface area (Å²) in [5.74, 6) is -0.130. The highest BCUT2D eigenvalue weighted by Crippen LogP contribution is 2.48. The molecule has 5 heteroatoms. The van der Waals surface area contributed by atoms with Gasteiger partial charge in [-0.15, -0.1) is 0 Å². The number of allylic oxidation sites excluding steroid dienone is 3. The van der Waals surface area contributed by atoms with Crippen LogP contribution in [0.3, 0.4) is 0 Å². The highest BCUT2D eigenvalue weighted by atomic mass is 16.5. The molecule has 1 aliphatic heterocycles. The van der Waals surface area contributed by atoms with Crippen LogP contribution >= 0.6 is 0 Å². The Kier molecular flexibility index (Phi) is 7.97. The highest BCUT2D eigenvalue weighted by molar-refractivity contribution is 6.04. The maximum atomic E-state index is 13.6. The first-order chi connectivity index (χ1) is 17.3. The van der Waals surface area contributed by atoms with Crippen LogP contribution in [-0.2, 0) is 20.7 Å². The van der Waals surface area contributed by atoms with Gasteiger partial charge in [-0.3, -0.25) is 4.79 Å². The van der Waals surface area contributed by atoms with Crippen LogP contribution in [0.5, 0.6) is 5.75 Å². The minimum atomic E-state index is -0.521. The number of ketones is 1. The van der Waals surface area contributed by atoms with Gasteiger partial charge in [-0.25, -0.2) is 4.79 Å². The number of carbonyl (C=O) groups is 2. The van der Waals surface area contributed by atoms with Gasteiger partial charge in [0.25, 0.3) is 0 Å². The summed E-state index contributed by atoms with van der Waals surface area (Å²) in [7, 11) is 0. The van der Waals surface area contributed by atoms with E-state index >= 15 is 0 Å². The molecule has 1 atom stereocenters. The Morgan fingerprint density at radius 3 is 2.50 bits per heavy atom. The van der Waals surface area contributed by atoms with Crippen LogP contribution in [0, 0.1) is 5.41 Å². The number of dihydropyridines is 1. The van der Waals surface area contributed by atoms with Crippen LogP contribution in [0.4, 0.5) is 0 Å². The van der Waals surface area contributed by atoms with Gasteiger partial charge in [0.15, 0.2) is 5.78 Å². The predicted molar refractivity (Wildman–Crippen MR) is 142 cm³/mol. The van der Waals surface area contributed by atoms with E-state index in [9.17, 15) is 9.59 Å². The molecule has 1 aliphatic carbocycles.